The summed E-state index contributed by atoms with van der Waals surface area (Å²) in [6.45, 7) is 1.06. The van der Waals surface area contributed by atoms with Crippen molar-refractivity contribution < 1.29 is 26.4 Å². The number of rotatable bonds is 4. The molecule has 0 spiro atoms. The van der Waals surface area contributed by atoms with Gasteiger partial charge in [-0.3, -0.25) is 9.52 Å². The minimum Gasteiger partial charge on any atom is -0.338 e. The van der Waals surface area contributed by atoms with Crippen LogP contribution in [-0.2, 0) is 16.2 Å². The first-order valence-electron chi connectivity index (χ1n) is 7.97. The van der Waals surface area contributed by atoms with Crippen LogP contribution in [0.3, 0.4) is 0 Å². The van der Waals surface area contributed by atoms with Gasteiger partial charge in [0.2, 0.25) is 0 Å². The normalized spacial score (nSPS) is 14.5. The topological polar surface area (TPSA) is 66.5 Å². The summed E-state index contributed by atoms with van der Waals surface area (Å²) in [6, 6.07) is 5.87. The van der Waals surface area contributed by atoms with Gasteiger partial charge in [-0.2, -0.15) is 13.2 Å². The number of benzene rings is 2. The van der Waals surface area contributed by atoms with Crippen molar-refractivity contribution in [3.8, 4) is 0 Å². The molecule has 0 radical (unpaired) electrons. The highest BCUT2D eigenvalue weighted by Gasteiger charge is 2.31. The minimum absolute atomic E-state index is 0.0140. The van der Waals surface area contributed by atoms with Gasteiger partial charge in [0.05, 0.1) is 21.2 Å². The third-order valence-corrected chi connectivity index (χ3v) is 6.29. The number of carbonyl (C=O) groups is 1. The Labute approximate surface area is 169 Å². The van der Waals surface area contributed by atoms with E-state index < -0.39 is 32.6 Å². The molecule has 0 saturated carbocycles. The highest BCUT2D eigenvalue weighted by molar-refractivity contribution is 7.92. The molecule has 1 N–H and O–H groups in total. The maximum Gasteiger partial charge on any atom is 0.416 e. The van der Waals surface area contributed by atoms with Crippen LogP contribution >= 0.6 is 23.2 Å². The number of likely N-dealkylation sites (tertiary alicyclic amines) is 1. The predicted octanol–water partition coefficient (Wildman–Crippen LogP) is 4.66. The molecule has 1 saturated heterocycles. The fraction of sp³-hybridized carbons (Fsp3) is 0.235. The van der Waals surface area contributed by atoms with Crippen molar-refractivity contribution in [2.75, 3.05) is 17.8 Å². The second kappa shape index (κ2) is 7.46. The summed E-state index contributed by atoms with van der Waals surface area (Å²) in [5.74, 6) is -0.441. The Morgan fingerprint density at radius 1 is 1.07 bits per heavy atom. The molecule has 1 amide bonds. The molecule has 28 heavy (non-hydrogen) atoms. The number of carbonyl (C=O) groups excluding carboxylic acids is 1. The lowest BCUT2D eigenvalue weighted by molar-refractivity contribution is -0.137. The third-order valence-electron chi connectivity index (χ3n) is 4.13. The summed E-state index contributed by atoms with van der Waals surface area (Å²) in [5.41, 5.74) is -1.35. The van der Waals surface area contributed by atoms with Crippen LogP contribution in [0, 0.1) is 0 Å². The van der Waals surface area contributed by atoms with Gasteiger partial charge in [-0.1, -0.05) is 29.3 Å². The molecule has 0 aliphatic carbocycles. The molecule has 2 aromatic rings. The molecule has 1 aliphatic rings. The molecule has 1 heterocycles. The zero-order valence-electron chi connectivity index (χ0n) is 14.1. The predicted molar refractivity (Wildman–Crippen MR) is 99.2 cm³/mol. The van der Waals surface area contributed by atoms with E-state index in [4.69, 9.17) is 23.2 Å². The molecular weight excluding hydrogens is 440 g/mol. The lowest BCUT2D eigenvalue weighted by Crippen LogP contribution is -2.42. The van der Waals surface area contributed by atoms with Gasteiger partial charge in [-0.25, -0.2) is 8.42 Å². The summed E-state index contributed by atoms with van der Waals surface area (Å²) in [4.78, 5) is 13.4. The summed E-state index contributed by atoms with van der Waals surface area (Å²) >= 11 is 12.0. The van der Waals surface area contributed by atoms with Crippen molar-refractivity contribution in [3.05, 3.63) is 57.6 Å². The highest BCUT2D eigenvalue weighted by Crippen LogP contribution is 2.33. The van der Waals surface area contributed by atoms with E-state index in [9.17, 15) is 26.4 Å². The van der Waals surface area contributed by atoms with Gasteiger partial charge in [0.15, 0.2) is 0 Å². The van der Waals surface area contributed by atoms with Crippen LogP contribution in [0.25, 0.3) is 0 Å². The first kappa shape index (κ1) is 20.8. The number of hydrogen-bond acceptors (Lipinski definition) is 3. The van der Waals surface area contributed by atoms with Crippen LogP contribution < -0.4 is 4.72 Å². The van der Waals surface area contributed by atoms with Gasteiger partial charge in [0.25, 0.3) is 15.9 Å². The molecule has 5 nitrogen and oxygen atoms in total. The molecule has 3 rings (SSSR count). The number of amides is 1. The molecule has 0 bridgehead atoms. The van der Waals surface area contributed by atoms with E-state index >= 15 is 0 Å². The van der Waals surface area contributed by atoms with Gasteiger partial charge in [0.1, 0.15) is 4.90 Å². The Hall–Kier alpha value is -1.97. The summed E-state index contributed by atoms with van der Waals surface area (Å²) in [6.07, 6.45) is -3.80. The largest absolute Gasteiger partial charge is 0.416 e. The van der Waals surface area contributed by atoms with Crippen molar-refractivity contribution in [1.82, 2.24) is 4.90 Å². The Morgan fingerprint density at radius 2 is 1.75 bits per heavy atom. The zero-order valence-corrected chi connectivity index (χ0v) is 16.4. The smallest absolute Gasteiger partial charge is 0.338 e. The summed E-state index contributed by atoms with van der Waals surface area (Å²) in [7, 11) is -4.37. The number of nitrogens with zero attached hydrogens (tertiary/aromatic N) is 1. The standard InChI is InChI=1S/C17H13Cl2F3N2O3S/c18-13-9-14(19)15(8-12(13)16(25)24-5-2-6-24)28(26,27)23-11-4-1-3-10(7-11)17(20,21)22/h1,3-4,7-9,23H,2,5-6H2. The van der Waals surface area contributed by atoms with Crippen molar-refractivity contribution in [2.24, 2.45) is 0 Å². The van der Waals surface area contributed by atoms with Gasteiger partial charge < -0.3 is 4.90 Å². The number of hydrogen-bond donors (Lipinski definition) is 1. The van der Waals surface area contributed by atoms with Crippen LogP contribution in [0.1, 0.15) is 22.3 Å². The molecule has 0 aromatic heterocycles. The summed E-state index contributed by atoms with van der Waals surface area (Å²) in [5, 5.41) is -0.274. The van der Waals surface area contributed by atoms with E-state index in [1.807, 2.05) is 0 Å². The SMILES string of the molecule is O=C(c1cc(S(=O)(=O)Nc2cccc(C(F)(F)F)c2)c(Cl)cc1Cl)N1CCC1. The first-order chi connectivity index (χ1) is 13.0. The molecule has 11 heteroatoms. The van der Waals surface area contributed by atoms with Gasteiger partial charge in [-0.05, 0) is 36.8 Å². The van der Waals surface area contributed by atoms with Crippen molar-refractivity contribution >= 4 is 44.8 Å². The molecule has 1 aliphatic heterocycles. The molecule has 1 fully saturated rings. The number of alkyl halides is 3. The van der Waals surface area contributed by atoms with Crippen molar-refractivity contribution in [1.29, 1.82) is 0 Å². The van der Waals surface area contributed by atoms with E-state index in [0.717, 1.165) is 30.7 Å². The molecule has 150 valence electrons. The quantitative estimate of drug-likeness (QED) is 0.733. The van der Waals surface area contributed by atoms with E-state index in [0.29, 0.717) is 19.2 Å². The van der Waals surface area contributed by atoms with Crippen LogP contribution in [0.5, 0.6) is 0 Å². The van der Waals surface area contributed by atoms with Crippen LogP contribution in [0.15, 0.2) is 41.3 Å². The fourth-order valence-electron chi connectivity index (χ4n) is 2.56. The van der Waals surface area contributed by atoms with Crippen molar-refractivity contribution in [3.63, 3.8) is 0 Å². The maximum absolute atomic E-state index is 12.8. The zero-order chi connectivity index (χ0) is 20.7. The Morgan fingerprint density at radius 3 is 2.32 bits per heavy atom. The van der Waals surface area contributed by atoms with Gasteiger partial charge in [-0.15, -0.1) is 0 Å². The lowest BCUT2D eigenvalue weighted by atomic mass is 10.1. The number of sulfonamides is 1. The Bertz CT molecular complexity index is 1040. The van der Waals surface area contributed by atoms with Gasteiger partial charge in [0, 0.05) is 18.8 Å². The summed E-state index contributed by atoms with van der Waals surface area (Å²) < 4.78 is 65.9. The van der Waals surface area contributed by atoms with Crippen LogP contribution in [-0.4, -0.2) is 32.3 Å². The number of halogens is 5. The average Bonchev–Trinajstić information content (AvgIpc) is 2.51. The first-order valence-corrected chi connectivity index (χ1v) is 10.2. The van der Waals surface area contributed by atoms with Crippen molar-refractivity contribution in [2.45, 2.75) is 17.5 Å². The fourth-order valence-corrected chi connectivity index (χ4v) is 4.46. The van der Waals surface area contributed by atoms with E-state index in [1.54, 1.807) is 0 Å². The van der Waals surface area contributed by atoms with E-state index in [1.165, 1.54) is 11.0 Å². The second-order valence-electron chi connectivity index (χ2n) is 6.09. The monoisotopic (exact) mass is 452 g/mol. The highest BCUT2D eigenvalue weighted by atomic mass is 35.5. The average molecular weight is 453 g/mol. The third kappa shape index (κ3) is 4.21. The number of anilines is 1. The van der Waals surface area contributed by atoms with E-state index in [2.05, 4.69) is 4.72 Å². The van der Waals surface area contributed by atoms with Crippen LogP contribution in [0.4, 0.5) is 18.9 Å². The minimum atomic E-state index is -4.63. The molecular formula is C17H13Cl2F3N2O3S. The molecule has 0 unspecified atom stereocenters. The second-order valence-corrected chi connectivity index (χ2v) is 8.56. The van der Waals surface area contributed by atoms with E-state index in [-0.39, 0.29) is 21.3 Å². The molecule has 0 atom stereocenters. The Kier molecular flexibility index (Phi) is 5.53. The number of nitrogens with one attached hydrogen (secondary N) is 1. The van der Waals surface area contributed by atoms with Crippen LogP contribution in [0.2, 0.25) is 10.0 Å². The van der Waals surface area contributed by atoms with Gasteiger partial charge >= 0.3 is 6.18 Å². The lowest BCUT2D eigenvalue weighted by Gasteiger charge is -2.31. The maximum atomic E-state index is 12.8. The Balaban J connectivity index is 1.97. The molecule has 2 aromatic carbocycles.